The number of unbranched alkanes of at least 4 members (excludes halogenated alkanes) is 1. The molecule has 2 N–H and O–H groups in total. The van der Waals surface area contributed by atoms with Crippen molar-refractivity contribution in [3.05, 3.63) is 29.8 Å². The smallest absolute Gasteiger partial charge is 0.224 e. The molecule has 0 radical (unpaired) electrons. The largest absolute Gasteiger partial charge is 0.396 e. The minimum Gasteiger partial charge on any atom is -0.396 e. The van der Waals surface area contributed by atoms with Gasteiger partial charge in [0, 0.05) is 24.6 Å². The minimum atomic E-state index is 0.0185. The Balaban J connectivity index is 2.37. The van der Waals surface area contributed by atoms with Gasteiger partial charge in [0.1, 0.15) is 0 Å². The Hall–Kier alpha value is -1.06. The first kappa shape index (κ1) is 14.0. The molecule has 0 aliphatic carbocycles. The molecular weight excluding hydrogens is 238 g/mol. The Labute approximate surface area is 107 Å². The van der Waals surface area contributed by atoms with Crippen molar-refractivity contribution in [2.75, 3.05) is 17.8 Å². The van der Waals surface area contributed by atoms with Crippen LogP contribution in [0.3, 0.4) is 0 Å². The summed E-state index contributed by atoms with van der Waals surface area (Å²) in [6.07, 6.45) is 2.83. The molecule has 4 heteroatoms. The fourth-order valence-corrected chi connectivity index (χ4v) is 1.68. The van der Waals surface area contributed by atoms with Gasteiger partial charge in [-0.25, -0.2) is 0 Å². The summed E-state index contributed by atoms with van der Waals surface area (Å²) in [7, 11) is 0. The molecule has 0 atom stereocenters. The van der Waals surface area contributed by atoms with Crippen LogP contribution in [-0.4, -0.2) is 23.5 Å². The number of aliphatic hydroxyl groups excluding tert-OH is 1. The second kappa shape index (κ2) is 8.09. The van der Waals surface area contributed by atoms with E-state index in [1.807, 2.05) is 24.3 Å². The zero-order chi connectivity index (χ0) is 12.5. The lowest BCUT2D eigenvalue weighted by Gasteiger charge is -2.05. The van der Waals surface area contributed by atoms with Crippen molar-refractivity contribution in [1.29, 1.82) is 0 Å². The number of hydrogen-bond donors (Lipinski definition) is 2. The SMILES string of the molecule is O=C(CCCCCl)Nc1ccc(CCO)cc1. The van der Waals surface area contributed by atoms with Crippen molar-refractivity contribution in [1.82, 2.24) is 0 Å². The second-order valence-corrected chi connectivity index (χ2v) is 4.24. The average molecular weight is 256 g/mol. The summed E-state index contributed by atoms with van der Waals surface area (Å²) < 4.78 is 0. The van der Waals surface area contributed by atoms with Gasteiger partial charge >= 0.3 is 0 Å². The first-order valence-electron chi connectivity index (χ1n) is 5.82. The normalized spacial score (nSPS) is 10.2. The molecule has 0 unspecified atom stereocenters. The molecule has 0 saturated heterocycles. The predicted octanol–water partition coefficient (Wildman–Crippen LogP) is 2.57. The number of carbonyl (C=O) groups is 1. The van der Waals surface area contributed by atoms with Crippen LogP contribution in [0.5, 0.6) is 0 Å². The van der Waals surface area contributed by atoms with Crippen LogP contribution < -0.4 is 5.32 Å². The number of benzene rings is 1. The van der Waals surface area contributed by atoms with Crippen molar-refractivity contribution >= 4 is 23.2 Å². The Bertz CT molecular complexity index is 338. The zero-order valence-electron chi connectivity index (χ0n) is 9.79. The third-order valence-electron chi connectivity index (χ3n) is 2.43. The molecule has 0 aliphatic rings. The number of alkyl halides is 1. The summed E-state index contributed by atoms with van der Waals surface area (Å²) >= 11 is 5.54. The van der Waals surface area contributed by atoms with E-state index in [1.165, 1.54) is 0 Å². The lowest BCUT2D eigenvalue weighted by atomic mass is 10.1. The van der Waals surface area contributed by atoms with Crippen LogP contribution in [0.4, 0.5) is 5.69 Å². The van der Waals surface area contributed by atoms with Crippen LogP contribution in [0.25, 0.3) is 0 Å². The van der Waals surface area contributed by atoms with Gasteiger partial charge < -0.3 is 10.4 Å². The molecule has 17 heavy (non-hydrogen) atoms. The van der Waals surface area contributed by atoms with Crippen molar-refractivity contribution in [3.8, 4) is 0 Å². The Morgan fingerprint density at radius 2 is 1.94 bits per heavy atom. The van der Waals surface area contributed by atoms with Crippen LogP contribution in [0.2, 0.25) is 0 Å². The van der Waals surface area contributed by atoms with Crippen LogP contribution >= 0.6 is 11.6 Å². The third kappa shape index (κ3) is 5.71. The van der Waals surface area contributed by atoms with Gasteiger partial charge in [-0.1, -0.05) is 12.1 Å². The highest BCUT2D eigenvalue weighted by atomic mass is 35.5. The van der Waals surface area contributed by atoms with Crippen molar-refractivity contribution < 1.29 is 9.90 Å². The molecule has 0 fully saturated rings. The van der Waals surface area contributed by atoms with Gasteiger partial charge in [-0.05, 0) is 37.0 Å². The number of amides is 1. The Morgan fingerprint density at radius 1 is 1.24 bits per heavy atom. The fraction of sp³-hybridized carbons (Fsp3) is 0.462. The molecule has 94 valence electrons. The van der Waals surface area contributed by atoms with E-state index in [4.69, 9.17) is 16.7 Å². The van der Waals surface area contributed by atoms with Gasteiger partial charge in [0.15, 0.2) is 0 Å². The van der Waals surface area contributed by atoms with E-state index in [0.29, 0.717) is 18.7 Å². The van der Waals surface area contributed by atoms with E-state index in [9.17, 15) is 4.79 Å². The van der Waals surface area contributed by atoms with E-state index in [2.05, 4.69) is 5.32 Å². The van der Waals surface area contributed by atoms with Crippen molar-refractivity contribution in [2.45, 2.75) is 25.7 Å². The number of aliphatic hydroxyl groups is 1. The summed E-state index contributed by atoms with van der Waals surface area (Å²) in [5, 5.41) is 11.6. The highest BCUT2D eigenvalue weighted by molar-refractivity contribution is 6.17. The summed E-state index contributed by atoms with van der Waals surface area (Å²) in [6, 6.07) is 7.52. The Morgan fingerprint density at radius 3 is 2.53 bits per heavy atom. The molecule has 0 heterocycles. The number of anilines is 1. The number of carbonyl (C=O) groups excluding carboxylic acids is 1. The zero-order valence-corrected chi connectivity index (χ0v) is 10.5. The van der Waals surface area contributed by atoms with E-state index in [1.54, 1.807) is 0 Å². The summed E-state index contributed by atoms with van der Waals surface area (Å²) in [5.74, 6) is 0.619. The maximum atomic E-state index is 11.5. The van der Waals surface area contributed by atoms with Gasteiger partial charge in [-0.2, -0.15) is 0 Å². The summed E-state index contributed by atoms with van der Waals surface area (Å²) in [4.78, 5) is 11.5. The van der Waals surface area contributed by atoms with Gasteiger partial charge in [-0.3, -0.25) is 4.79 Å². The van der Waals surface area contributed by atoms with Crippen molar-refractivity contribution in [3.63, 3.8) is 0 Å². The van der Waals surface area contributed by atoms with Crippen LogP contribution in [-0.2, 0) is 11.2 Å². The molecule has 0 aromatic heterocycles. The molecule has 1 rings (SSSR count). The molecule has 1 aromatic rings. The van der Waals surface area contributed by atoms with Gasteiger partial charge in [0.25, 0.3) is 0 Å². The van der Waals surface area contributed by atoms with E-state index >= 15 is 0 Å². The Kier molecular flexibility index (Phi) is 6.67. The maximum absolute atomic E-state index is 11.5. The minimum absolute atomic E-state index is 0.0185. The molecule has 1 aromatic carbocycles. The molecule has 3 nitrogen and oxygen atoms in total. The number of rotatable bonds is 7. The van der Waals surface area contributed by atoms with Gasteiger partial charge in [0.05, 0.1) is 0 Å². The first-order valence-corrected chi connectivity index (χ1v) is 6.35. The molecule has 0 aliphatic heterocycles. The van der Waals surface area contributed by atoms with Crippen LogP contribution in [0.15, 0.2) is 24.3 Å². The fourth-order valence-electron chi connectivity index (χ4n) is 1.49. The van der Waals surface area contributed by atoms with Crippen LogP contribution in [0, 0.1) is 0 Å². The molecular formula is C13H18ClNO2. The first-order chi connectivity index (χ1) is 8.26. The lowest BCUT2D eigenvalue weighted by Crippen LogP contribution is -2.11. The highest BCUT2D eigenvalue weighted by Gasteiger charge is 2.01. The number of hydrogen-bond acceptors (Lipinski definition) is 2. The maximum Gasteiger partial charge on any atom is 0.224 e. The number of halogens is 1. The van der Waals surface area contributed by atoms with Crippen molar-refractivity contribution in [2.24, 2.45) is 0 Å². The quantitative estimate of drug-likeness (QED) is 0.581. The molecule has 0 saturated carbocycles. The standard InChI is InChI=1S/C13H18ClNO2/c14-9-2-1-3-13(17)15-12-6-4-11(5-7-12)8-10-16/h4-7,16H,1-3,8-10H2,(H,15,17). The van der Waals surface area contributed by atoms with E-state index in [-0.39, 0.29) is 12.5 Å². The van der Waals surface area contributed by atoms with E-state index < -0.39 is 0 Å². The monoisotopic (exact) mass is 255 g/mol. The second-order valence-electron chi connectivity index (χ2n) is 3.86. The molecule has 0 spiro atoms. The molecule has 1 amide bonds. The van der Waals surface area contributed by atoms with Gasteiger partial charge in [-0.15, -0.1) is 11.6 Å². The topological polar surface area (TPSA) is 49.3 Å². The number of nitrogens with one attached hydrogen (secondary N) is 1. The predicted molar refractivity (Wildman–Crippen MR) is 70.4 cm³/mol. The van der Waals surface area contributed by atoms with E-state index in [0.717, 1.165) is 24.1 Å². The van der Waals surface area contributed by atoms with Gasteiger partial charge in [0.2, 0.25) is 5.91 Å². The van der Waals surface area contributed by atoms with Crippen LogP contribution in [0.1, 0.15) is 24.8 Å². The third-order valence-corrected chi connectivity index (χ3v) is 2.69. The summed E-state index contributed by atoms with van der Waals surface area (Å²) in [6.45, 7) is 0.143. The summed E-state index contributed by atoms with van der Waals surface area (Å²) in [5.41, 5.74) is 1.86. The lowest BCUT2D eigenvalue weighted by molar-refractivity contribution is -0.116. The highest BCUT2D eigenvalue weighted by Crippen LogP contribution is 2.11. The average Bonchev–Trinajstić information content (AvgIpc) is 2.32. The molecule has 0 bridgehead atoms.